The van der Waals surface area contributed by atoms with E-state index in [1.54, 1.807) is 18.6 Å². The molecule has 126 valence electrons. The summed E-state index contributed by atoms with van der Waals surface area (Å²) >= 11 is 0. The van der Waals surface area contributed by atoms with Gasteiger partial charge in [0, 0.05) is 32.4 Å². The summed E-state index contributed by atoms with van der Waals surface area (Å²) in [5.41, 5.74) is 2.82. The van der Waals surface area contributed by atoms with Crippen molar-refractivity contribution < 1.29 is 4.79 Å². The average Bonchev–Trinajstić information content (AvgIpc) is 3.22. The molecule has 0 unspecified atom stereocenters. The Balaban J connectivity index is 1.35. The van der Waals surface area contributed by atoms with Crippen LogP contribution in [0.5, 0.6) is 0 Å². The van der Waals surface area contributed by atoms with Crippen LogP contribution in [0.25, 0.3) is 16.8 Å². The molecule has 8 heteroatoms. The Labute approximate surface area is 143 Å². The molecular weight excluding hydrogens is 318 g/mol. The van der Waals surface area contributed by atoms with E-state index in [9.17, 15) is 4.79 Å². The lowest BCUT2D eigenvalue weighted by atomic mass is 10.2. The number of hydrogen-bond acceptors (Lipinski definition) is 5. The Morgan fingerprint density at radius 2 is 2.16 bits per heavy atom. The van der Waals surface area contributed by atoms with Gasteiger partial charge in [0.05, 0.1) is 11.9 Å². The summed E-state index contributed by atoms with van der Waals surface area (Å²) in [5, 5.41) is 11.2. The highest BCUT2D eigenvalue weighted by Gasteiger charge is 2.10. The van der Waals surface area contributed by atoms with Crippen molar-refractivity contribution >= 4 is 22.7 Å². The quantitative estimate of drug-likeness (QED) is 0.556. The van der Waals surface area contributed by atoms with E-state index in [2.05, 4.69) is 25.5 Å². The first-order valence-electron chi connectivity index (χ1n) is 8.06. The van der Waals surface area contributed by atoms with Gasteiger partial charge in [-0.25, -0.2) is 9.97 Å². The molecule has 0 saturated carbocycles. The third-order valence-electron chi connectivity index (χ3n) is 4.06. The summed E-state index contributed by atoms with van der Waals surface area (Å²) in [6.45, 7) is 0.556. The summed E-state index contributed by atoms with van der Waals surface area (Å²) in [7, 11) is 1.87. The molecule has 4 rings (SSSR count). The Morgan fingerprint density at radius 3 is 3.08 bits per heavy atom. The first-order valence-corrected chi connectivity index (χ1v) is 8.06. The minimum Gasteiger partial charge on any atom is -0.352 e. The second-order valence-electron chi connectivity index (χ2n) is 5.83. The molecule has 4 aromatic heterocycles. The smallest absolute Gasteiger partial charge is 0.252 e. The number of pyridine rings is 2. The lowest BCUT2D eigenvalue weighted by molar-refractivity contribution is 0.0953. The minimum absolute atomic E-state index is 0.147. The fourth-order valence-electron chi connectivity index (χ4n) is 2.75. The highest BCUT2D eigenvalue weighted by Crippen LogP contribution is 2.10. The van der Waals surface area contributed by atoms with Gasteiger partial charge in [-0.15, -0.1) is 10.2 Å². The van der Waals surface area contributed by atoms with Crippen LogP contribution in [-0.4, -0.2) is 41.6 Å². The van der Waals surface area contributed by atoms with E-state index in [1.165, 1.54) is 0 Å². The van der Waals surface area contributed by atoms with Gasteiger partial charge in [-0.2, -0.15) is 0 Å². The molecule has 0 bridgehead atoms. The van der Waals surface area contributed by atoms with Gasteiger partial charge in [-0.3, -0.25) is 9.20 Å². The Morgan fingerprint density at radius 1 is 1.24 bits per heavy atom. The predicted molar refractivity (Wildman–Crippen MR) is 92.2 cm³/mol. The number of nitrogens with zero attached hydrogens (tertiary/aromatic N) is 6. The largest absolute Gasteiger partial charge is 0.352 e. The fourth-order valence-corrected chi connectivity index (χ4v) is 2.75. The van der Waals surface area contributed by atoms with Gasteiger partial charge in [0.15, 0.2) is 11.3 Å². The zero-order chi connectivity index (χ0) is 17.2. The molecule has 1 N–H and O–H groups in total. The Kier molecular flexibility index (Phi) is 3.85. The molecule has 0 aliphatic rings. The van der Waals surface area contributed by atoms with Crippen LogP contribution in [0, 0.1) is 0 Å². The van der Waals surface area contributed by atoms with Crippen molar-refractivity contribution in [3.05, 3.63) is 54.4 Å². The fraction of sp³-hybridized carbons (Fsp3) is 0.235. The molecule has 8 nitrogen and oxygen atoms in total. The Bertz CT molecular complexity index is 1050. The first-order chi connectivity index (χ1) is 12.2. The van der Waals surface area contributed by atoms with Gasteiger partial charge < -0.3 is 9.88 Å². The van der Waals surface area contributed by atoms with E-state index in [-0.39, 0.29) is 5.91 Å². The maximum atomic E-state index is 12.2. The van der Waals surface area contributed by atoms with Crippen molar-refractivity contribution in [1.29, 1.82) is 0 Å². The van der Waals surface area contributed by atoms with Gasteiger partial charge in [-0.05, 0) is 24.6 Å². The SMILES string of the molecule is Cn1cnc2cc(C(=O)NCCCc3nnc4ccccn34)cnc21. The monoisotopic (exact) mass is 335 g/mol. The topological polar surface area (TPSA) is 90.0 Å². The van der Waals surface area contributed by atoms with Gasteiger partial charge >= 0.3 is 0 Å². The van der Waals surface area contributed by atoms with Crippen LogP contribution in [0.15, 0.2) is 43.0 Å². The number of hydrogen-bond donors (Lipinski definition) is 1. The van der Waals surface area contributed by atoms with Crippen LogP contribution in [0.3, 0.4) is 0 Å². The van der Waals surface area contributed by atoms with E-state index in [0.717, 1.165) is 30.0 Å². The number of imidazole rings is 1. The summed E-state index contributed by atoms with van der Waals surface area (Å²) in [4.78, 5) is 20.8. The highest BCUT2D eigenvalue weighted by atomic mass is 16.1. The van der Waals surface area contributed by atoms with Crippen molar-refractivity contribution in [2.75, 3.05) is 6.54 Å². The number of rotatable bonds is 5. The van der Waals surface area contributed by atoms with E-state index in [4.69, 9.17) is 0 Å². The molecule has 0 atom stereocenters. The van der Waals surface area contributed by atoms with Crippen molar-refractivity contribution in [2.24, 2.45) is 7.05 Å². The van der Waals surface area contributed by atoms with E-state index < -0.39 is 0 Å². The molecule has 0 aromatic carbocycles. The summed E-state index contributed by atoms with van der Waals surface area (Å²) in [6.07, 6.45) is 6.72. The number of nitrogens with one attached hydrogen (secondary N) is 1. The van der Waals surface area contributed by atoms with E-state index >= 15 is 0 Å². The second-order valence-corrected chi connectivity index (χ2v) is 5.83. The molecule has 0 radical (unpaired) electrons. The van der Waals surface area contributed by atoms with Crippen LogP contribution in [-0.2, 0) is 13.5 Å². The molecule has 4 aromatic rings. The maximum absolute atomic E-state index is 12.2. The first kappa shape index (κ1) is 15.3. The standard InChI is InChI=1S/C17H17N7O/c1-23-11-20-13-9-12(10-19-16(13)23)17(25)18-7-4-6-15-22-21-14-5-2-3-8-24(14)15/h2-3,5,8-11H,4,6-7H2,1H3,(H,18,25). The number of aromatic nitrogens is 6. The average molecular weight is 335 g/mol. The highest BCUT2D eigenvalue weighted by molar-refractivity contribution is 5.96. The third-order valence-corrected chi connectivity index (χ3v) is 4.06. The molecule has 1 amide bonds. The molecule has 4 heterocycles. The van der Waals surface area contributed by atoms with Gasteiger partial charge in [-0.1, -0.05) is 6.07 Å². The van der Waals surface area contributed by atoms with Crippen molar-refractivity contribution in [2.45, 2.75) is 12.8 Å². The number of aryl methyl sites for hydroxylation is 2. The van der Waals surface area contributed by atoms with Crippen LogP contribution >= 0.6 is 0 Å². The molecule has 0 aliphatic carbocycles. The maximum Gasteiger partial charge on any atom is 0.252 e. The number of fused-ring (bicyclic) bond motifs is 2. The van der Waals surface area contributed by atoms with Crippen LogP contribution in [0.2, 0.25) is 0 Å². The van der Waals surface area contributed by atoms with Crippen molar-refractivity contribution in [3.8, 4) is 0 Å². The number of amides is 1. The van der Waals surface area contributed by atoms with Gasteiger partial charge in [0.1, 0.15) is 11.3 Å². The second kappa shape index (κ2) is 6.31. The zero-order valence-electron chi connectivity index (χ0n) is 13.8. The van der Waals surface area contributed by atoms with Crippen LogP contribution in [0.4, 0.5) is 0 Å². The summed E-state index contributed by atoms with van der Waals surface area (Å²) < 4.78 is 3.78. The van der Waals surface area contributed by atoms with Crippen LogP contribution in [0.1, 0.15) is 22.6 Å². The molecule has 0 saturated heterocycles. The summed E-state index contributed by atoms with van der Waals surface area (Å²) in [5.74, 6) is 0.743. The van der Waals surface area contributed by atoms with Crippen molar-refractivity contribution in [1.82, 2.24) is 34.4 Å². The zero-order valence-corrected chi connectivity index (χ0v) is 13.8. The lowest BCUT2D eigenvalue weighted by Crippen LogP contribution is -2.25. The molecule has 25 heavy (non-hydrogen) atoms. The van der Waals surface area contributed by atoms with E-state index in [0.29, 0.717) is 17.6 Å². The number of carbonyl (C=O) groups is 1. The Hall–Kier alpha value is -3.29. The molecular formula is C17H17N7O. The molecule has 0 spiro atoms. The van der Waals surface area contributed by atoms with E-state index in [1.807, 2.05) is 40.4 Å². The van der Waals surface area contributed by atoms with Crippen molar-refractivity contribution in [3.63, 3.8) is 0 Å². The van der Waals surface area contributed by atoms with Crippen LogP contribution < -0.4 is 5.32 Å². The van der Waals surface area contributed by atoms with Gasteiger partial charge in [0.2, 0.25) is 0 Å². The number of carbonyl (C=O) groups excluding carboxylic acids is 1. The minimum atomic E-state index is -0.147. The normalized spacial score (nSPS) is 11.2. The lowest BCUT2D eigenvalue weighted by Gasteiger charge is -2.05. The summed E-state index contributed by atoms with van der Waals surface area (Å²) in [6, 6.07) is 7.55. The third kappa shape index (κ3) is 2.93. The molecule has 0 aliphatic heterocycles. The molecule has 0 fully saturated rings. The van der Waals surface area contributed by atoms with Gasteiger partial charge in [0.25, 0.3) is 5.91 Å². The predicted octanol–water partition coefficient (Wildman–Crippen LogP) is 1.37.